The Morgan fingerprint density at radius 3 is 2.21 bits per heavy atom. The molecule has 3 aromatic carbocycles. The molecule has 3 heterocycles. The Balaban J connectivity index is 1.67. The number of imidazole rings is 2. The fourth-order valence-electron chi connectivity index (χ4n) is 4.14. The molecule has 0 bridgehead atoms. The van der Waals surface area contributed by atoms with Gasteiger partial charge >= 0.3 is 0 Å². The van der Waals surface area contributed by atoms with Gasteiger partial charge in [0.2, 0.25) is 5.78 Å². The van der Waals surface area contributed by atoms with Crippen molar-refractivity contribution in [1.29, 1.82) is 0 Å². The summed E-state index contributed by atoms with van der Waals surface area (Å²) < 4.78 is 4.45. The van der Waals surface area contributed by atoms with Crippen molar-refractivity contribution in [3.05, 3.63) is 96.7 Å². The Morgan fingerprint density at radius 1 is 0.724 bits per heavy atom. The zero-order valence-corrected chi connectivity index (χ0v) is 15.9. The summed E-state index contributed by atoms with van der Waals surface area (Å²) in [5.41, 5.74) is 8.68. The molecule has 0 aliphatic rings. The number of aryl methyl sites for hydroxylation is 1. The number of hydrogen-bond donors (Lipinski definition) is 0. The SMILES string of the molecule is Cc1cc(-c2ccccc2)ncc1-n1c2ccccc2n2c3ccccc3nc12. The molecule has 4 nitrogen and oxygen atoms in total. The molecule has 0 aliphatic heterocycles. The van der Waals surface area contributed by atoms with E-state index in [1.165, 1.54) is 0 Å². The average molecular weight is 374 g/mol. The summed E-state index contributed by atoms with van der Waals surface area (Å²) in [7, 11) is 0. The van der Waals surface area contributed by atoms with Crippen LogP contribution in [0.25, 0.3) is 44.8 Å². The molecule has 0 aliphatic carbocycles. The maximum absolute atomic E-state index is 4.95. The van der Waals surface area contributed by atoms with Gasteiger partial charge in [0, 0.05) is 5.56 Å². The molecule has 0 N–H and O–H groups in total. The number of aromatic nitrogens is 4. The minimum Gasteiger partial charge on any atom is -0.276 e. The minimum absolute atomic E-state index is 0.907. The van der Waals surface area contributed by atoms with E-state index in [1.807, 2.05) is 30.5 Å². The average Bonchev–Trinajstić information content (AvgIpc) is 3.29. The predicted molar refractivity (Wildman–Crippen MR) is 117 cm³/mol. The number of hydrogen-bond acceptors (Lipinski definition) is 2. The van der Waals surface area contributed by atoms with Crippen LogP contribution in [-0.4, -0.2) is 18.9 Å². The van der Waals surface area contributed by atoms with Crippen LogP contribution in [0.3, 0.4) is 0 Å². The van der Waals surface area contributed by atoms with Gasteiger partial charge in [0.1, 0.15) is 0 Å². The Kier molecular flexibility index (Phi) is 3.35. The fourth-order valence-corrected chi connectivity index (χ4v) is 4.14. The number of pyridine rings is 1. The largest absolute Gasteiger partial charge is 0.276 e. The van der Waals surface area contributed by atoms with Crippen LogP contribution in [0.15, 0.2) is 91.1 Å². The molecular formula is C25H18N4. The quantitative estimate of drug-likeness (QED) is 0.384. The Morgan fingerprint density at radius 2 is 1.41 bits per heavy atom. The first kappa shape index (κ1) is 16.1. The van der Waals surface area contributed by atoms with Crippen molar-refractivity contribution in [2.24, 2.45) is 0 Å². The Hall–Kier alpha value is -3.92. The van der Waals surface area contributed by atoms with E-state index >= 15 is 0 Å². The summed E-state index contributed by atoms with van der Waals surface area (Å²) >= 11 is 0. The zero-order chi connectivity index (χ0) is 19.4. The maximum Gasteiger partial charge on any atom is 0.220 e. The second-order valence-corrected chi connectivity index (χ2v) is 7.28. The van der Waals surface area contributed by atoms with Gasteiger partial charge in [0.25, 0.3) is 0 Å². The molecule has 0 spiro atoms. The summed E-state index contributed by atoms with van der Waals surface area (Å²) in [5.74, 6) is 0.907. The summed E-state index contributed by atoms with van der Waals surface area (Å²) in [4.78, 5) is 9.72. The maximum atomic E-state index is 4.95. The number of para-hydroxylation sites is 4. The fraction of sp³-hybridized carbons (Fsp3) is 0.0400. The van der Waals surface area contributed by atoms with Crippen LogP contribution >= 0.6 is 0 Å². The van der Waals surface area contributed by atoms with Crippen molar-refractivity contribution in [3.8, 4) is 16.9 Å². The first-order valence-corrected chi connectivity index (χ1v) is 9.70. The molecule has 0 saturated carbocycles. The molecule has 29 heavy (non-hydrogen) atoms. The lowest BCUT2D eigenvalue weighted by Crippen LogP contribution is -2.00. The highest BCUT2D eigenvalue weighted by Crippen LogP contribution is 2.31. The van der Waals surface area contributed by atoms with Gasteiger partial charge in [0.15, 0.2) is 0 Å². The van der Waals surface area contributed by atoms with Crippen LogP contribution in [-0.2, 0) is 0 Å². The highest BCUT2D eigenvalue weighted by Gasteiger charge is 2.18. The first-order valence-electron chi connectivity index (χ1n) is 9.70. The van der Waals surface area contributed by atoms with Gasteiger partial charge in [-0.25, -0.2) is 4.98 Å². The number of fused-ring (bicyclic) bond motifs is 5. The van der Waals surface area contributed by atoms with Crippen molar-refractivity contribution in [1.82, 2.24) is 18.9 Å². The molecule has 138 valence electrons. The van der Waals surface area contributed by atoms with Crippen LogP contribution in [0.4, 0.5) is 0 Å². The molecule has 6 aromatic rings. The third-order valence-electron chi connectivity index (χ3n) is 5.50. The van der Waals surface area contributed by atoms with Crippen LogP contribution < -0.4 is 0 Å². The molecule has 0 amide bonds. The van der Waals surface area contributed by atoms with Crippen molar-refractivity contribution in [2.45, 2.75) is 6.92 Å². The van der Waals surface area contributed by atoms with E-state index in [2.05, 4.69) is 76.6 Å². The lowest BCUT2D eigenvalue weighted by Gasteiger charge is -2.10. The van der Waals surface area contributed by atoms with E-state index in [9.17, 15) is 0 Å². The summed E-state index contributed by atoms with van der Waals surface area (Å²) in [6.07, 6.45) is 1.96. The summed E-state index contributed by atoms with van der Waals surface area (Å²) in [6.45, 7) is 2.14. The number of rotatable bonds is 2. The first-order chi connectivity index (χ1) is 14.3. The van der Waals surface area contributed by atoms with E-state index in [4.69, 9.17) is 9.97 Å². The normalized spacial score (nSPS) is 11.6. The third-order valence-corrected chi connectivity index (χ3v) is 5.50. The van der Waals surface area contributed by atoms with Gasteiger partial charge in [-0.2, -0.15) is 0 Å². The summed E-state index contributed by atoms with van der Waals surface area (Å²) in [6, 6.07) is 29.1. The molecule has 6 rings (SSSR count). The smallest absolute Gasteiger partial charge is 0.220 e. The van der Waals surface area contributed by atoms with E-state index < -0.39 is 0 Å². The lowest BCUT2D eigenvalue weighted by molar-refractivity contribution is 1.07. The molecule has 0 fully saturated rings. The third kappa shape index (κ3) is 2.32. The molecule has 0 unspecified atom stereocenters. The van der Waals surface area contributed by atoms with E-state index in [0.29, 0.717) is 0 Å². The standard InChI is InChI=1S/C25H18N4/c1-17-15-20(18-9-3-2-4-10-18)26-16-24(17)29-23-14-8-7-13-22(23)28-21-12-6-5-11-19(21)27-25(28)29/h2-16H,1H3. The molecule has 0 atom stereocenters. The van der Waals surface area contributed by atoms with Crippen LogP contribution in [0, 0.1) is 6.92 Å². The van der Waals surface area contributed by atoms with E-state index in [1.54, 1.807) is 0 Å². The van der Waals surface area contributed by atoms with Gasteiger partial charge in [-0.15, -0.1) is 0 Å². The number of nitrogens with zero attached hydrogens (tertiary/aromatic N) is 4. The molecule has 3 aromatic heterocycles. The minimum atomic E-state index is 0.907. The predicted octanol–water partition coefficient (Wildman–Crippen LogP) is 5.80. The second-order valence-electron chi connectivity index (χ2n) is 7.28. The molecule has 4 heteroatoms. The highest BCUT2D eigenvalue weighted by molar-refractivity contribution is 5.92. The van der Waals surface area contributed by atoms with E-state index in [-0.39, 0.29) is 0 Å². The molecule has 0 saturated heterocycles. The van der Waals surface area contributed by atoms with Gasteiger partial charge in [-0.05, 0) is 42.8 Å². The van der Waals surface area contributed by atoms with Crippen molar-refractivity contribution in [2.75, 3.05) is 0 Å². The van der Waals surface area contributed by atoms with Gasteiger partial charge in [0.05, 0.1) is 39.6 Å². The van der Waals surface area contributed by atoms with Crippen LogP contribution in [0.2, 0.25) is 0 Å². The molecule has 0 radical (unpaired) electrons. The van der Waals surface area contributed by atoms with Crippen molar-refractivity contribution < 1.29 is 0 Å². The van der Waals surface area contributed by atoms with Crippen LogP contribution in [0.5, 0.6) is 0 Å². The van der Waals surface area contributed by atoms with Gasteiger partial charge in [-0.1, -0.05) is 54.6 Å². The van der Waals surface area contributed by atoms with Crippen molar-refractivity contribution >= 4 is 27.8 Å². The molecular weight excluding hydrogens is 356 g/mol. The van der Waals surface area contributed by atoms with Gasteiger partial charge in [-0.3, -0.25) is 14.0 Å². The Bertz CT molecular complexity index is 1510. The van der Waals surface area contributed by atoms with Crippen LogP contribution in [0.1, 0.15) is 5.56 Å². The highest BCUT2D eigenvalue weighted by atomic mass is 15.2. The van der Waals surface area contributed by atoms with E-state index in [0.717, 1.165) is 50.4 Å². The summed E-state index contributed by atoms with van der Waals surface area (Å²) in [5, 5.41) is 0. The second kappa shape index (κ2) is 6.04. The number of benzene rings is 3. The topological polar surface area (TPSA) is 35.1 Å². The zero-order valence-electron chi connectivity index (χ0n) is 15.9. The Labute approximate surface area is 167 Å². The monoisotopic (exact) mass is 374 g/mol. The van der Waals surface area contributed by atoms with Gasteiger partial charge < -0.3 is 0 Å². The lowest BCUT2D eigenvalue weighted by atomic mass is 10.1. The van der Waals surface area contributed by atoms with Crippen molar-refractivity contribution in [3.63, 3.8) is 0 Å².